The molecule has 3 amide bonds. The molecule has 0 atom stereocenters. The van der Waals surface area contributed by atoms with Crippen LogP contribution in [0.4, 0.5) is 21.0 Å². The molecule has 0 aliphatic carbocycles. The average molecular weight is 471 g/mol. The van der Waals surface area contributed by atoms with Crippen molar-refractivity contribution in [3.8, 4) is 17.0 Å². The molecule has 2 aromatic carbocycles. The first-order valence-electron chi connectivity index (χ1n) is 10.4. The minimum Gasteiger partial charge on any atom is -0.508 e. The van der Waals surface area contributed by atoms with Crippen LogP contribution in [0.5, 0.6) is 5.75 Å². The second-order valence-corrected chi connectivity index (χ2v) is 7.86. The summed E-state index contributed by atoms with van der Waals surface area (Å²) in [7, 11) is 1.82. The van der Waals surface area contributed by atoms with E-state index in [1.807, 2.05) is 25.2 Å². The van der Waals surface area contributed by atoms with Gasteiger partial charge in [-0.1, -0.05) is 12.1 Å². The number of aromatic hydroxyl groups is 1. The molecule has 4 N–H and O–H groups in total. The molecule has 1 aromatic heterocycles. The van der Waals surface area contributed by atoms with E-state index in [1.165, 1.54) is 10.9 Å². The number of hydrogen-bond acceptors (Lipinski definition) is 5. The van der Waals surface area contributed by atoms with E-state index in [0.29, 0.717) is 11.4 Å². The summed E-state index contributed by atoms with van der Waals surface area (Å²) in [5, 5.41) is 12.0. The molecule has 0 bridgehead atoms. The maximum atomic E-state index is 13.0. The zero-order valence-corrected chi connectivity index (χ0v) is 19.0. The van der Waals surface area contributed by atoms with Gasteiger partial charge in [-0.2, -0.15) is 0 Å². The van der Waals surface area contributed by atoms with Crippen molar-refractivity contribution in [2.75, 3.05) is 30.4 Å². The van der Waals surface area contributed by atoms with Crippen LogP contribution >= 0.6 is 12.4 Å². The largest absolute Gasteiger partial charge is 0.508 e. The monoisotopic (exact) mass is 470 g/mol. The maximum absolute atomic E-state index is 13.0. The molecule has 1 aliphatic rings. The molecule has 10 heteroatoms. The van der Waals surface area contributed by atoms with Gasteiger partial charge in [-0.25, -0.2) is 14.6 Å². The van der Waals surface area contributed by atoms with Gasteiger partial charge in [0.15, 0.2) is 0 Å². The van der Waals surface area contributed by atoms with E-state index in [0.717, 1.165) is 37.2 Å². The van der Waals surface area contributed by atoms with Gasteiger partial charge in [0, 0.05) is 49.3 Å². The Hall–Kier alpha value is -3.72. The number of carbonyl (C=O) groups is 2. The number of imidazole rings is 1. The Morgan fingerprint density at radius 1 is 1.15 bits per heavy atom. The summed E-state index contributed by atoms with van der Waals surface area (Å²) in [5.74, 6) is 0.254. The fourth-order valence-corrected chi connectivity index (χ4v) is 3.99. The van der Waals surface area contributed by atoms with Crippen LogP contribution in [0.2, 0.25) is 0 Å². The number of aromatic nitrogens is 2. The van der Waals surface area contributed by atoms with Gasteiger partial charge < -0.3 is 26.0 Å². The summed E-state index contributed by atoms with van der Waals surface area (Å²) in [5.41, 5.74) is 8.21. The lowest BCUT2D eigenvalue weighted by Gasteiger charge is -2.37. The van der Waals surface area contributed by atoms with Crippen LogP contribution in [-0.2, 0) is 0 Å². The minimum absolute atomic E-state index is 0. The van der Waals surface area contributed by atoms with E-state index in [2.05, 4.69) is 15.2 Å². The molecule has 3 aromatic rings. The molecular formula is C23H27ClN6O3. The summed E-state index contributed by atoms with van der Waals surface area (Å²) < 4.78 is 1.48. The number of anilines is 2. The number of amides is 3. The normalized spacial score (nSPS) is 13.8. The van der Waals surface area contributed by atoms with Crippen LogP contribution < -0.4 is 16.0 Å². The lowest BCUT2D eigenvalue weighted by atomic mass is 10.0. The molecule has 174 valence electrons. The van der Waals surface area contributed by atoms with E-state index in [4.69, 9.17) is 5.73 Å². The fraction of sp³-hybridized carbons (Fsp3) is 0.261. The number of carbonyl (C=O) groups excluding carboxylic acids is 2. The number of primary amides is 1. The Bertz CT molecular complexity index is 1110. The number of piperidine rings is 1. The average Bonchev–Trinajstić information content (AvgIpc) is 3.29. The number of rotatable bonds is 4. The Kier molecular flexibility index (Phi) is 7.44. The first-order valence-corrected chi connectivity index (χ1v) is 10.4. The standard InChI is InChI=1S/C23H26N6O3.ClH/c1-27(18-9-11-28(12-10-18)19-5-7-20(30)8-6-19)23(32)29-14-21(25-15-29)16-3-2-4-17(13-16)26-22(24)31;/h2-8,13-15,18,30H,9-12H2,1H3,(H3,24,26,31);1H. The highest BCUT2D eigenvalue weighted by Gasteiger charge is 2.26. The van der Waals surface area contributed by atoms with E-state index >= 15 is 0 Å². The number of benzene rings is 2. The molecule has 4 rings (SSSR count). The van der Waals surface area contributed by atoms with Crippen molar-refractivity contribution in [3.63, 3.8) is 0 Å². The third-order valence-electron chi connectivity index (χ3n) is 5.76. The van der Waals surface area contributed by atoms with Crippen molar-refractivity contribution >= 4 is 35.8 Å². The summed E-state index contributed by atoms with van der Waals surface area (Å²) in [6, 6.07) is 13.7. The number of halogens is 1. The molecule has 9 nitrogen and oxygen atoms in total. The van der Waals surface area contributed by atoms with Gasteiger partial charge in [0.25, 0.3) is 0 Å². The molecule has 0 spiro atoms. The van der Waals surface area contributed by atoms with Crippen molar-refractivity contribution < 1.29 is 14.7 Å². The Morgan fingerprint density at radius 2 is 1.85 bits per heavy atom. The van der Waals surface area contributed by atoms with Crippen molar-refractivity contribution in [3.05, 3.63) is 61.1 Å². The predicted molar refractivity (Wildman–Crippen MR) is 130 cm³/mol. The van der Waals surface area contributed by atoms with Gasteiger partial charge in [-0.05, 0) is 49.2 Å². The topological polar surface area (TPSA) is 117 Å². The predicted octanol–water partition coefficient (Wildman–Crippen LogP) is 3.74. The zero-order chi connectivity index (χ0) is 22.7. The molecular weight excluding hydrogens is 444 g/mol. The SMILES string of the molecule is CN(C(=O)n1cnc(-c2cccc(NC(N)=O)c2)c1)C1CCN(c2ccc(O)cc2)CC1.Cl. The summed E-state index contributed by atoms with van der Waals surface area (Å²) in [6.07, 6.45) is 4.90. The smallest absolute Gasteiger partial charge is 0.329 e. The summed E-state index contributed by atoms with van der Waals surface area (Å²) >= 11 is 0. The lowest BCUT2D eigenvalue weighted by Crippen LogP contribution is -2.46. The van der Waals surface area contributed by atoms with Gasteiger partial charge in [0.2, 0.25) is 0 Å². The third kappa shape index (κ3) is 5.56. The molecule has 2 heterocycles. The van der Waals surface area contributed by atoms with Gasteiger partial charge in [-0.15, -0.1) is 12.4 Å². The zero-order valence-electron chi connectivity index (χ0n) is 18.2. The van der Waals surface area contributed by atoms with Crippen molar-refractivity contribution in [1.82, 2.24) is 14.5 Å². The molecule has 1 fully saturated rings. The second-order valence-electron chi connectivity index (χ2n) is 7.86. The van der Waals surface area contributed by atoms with Crippen molar-refractivity contribution in [2.24, 2.45) is 5.73 Å². The van der Waals surface area contributed by atoms with Crippen LogP contribution in [0.1, 0.15) is 12.8 Å². The number of hydrogen-bond donors (Lipinski definition) is 3. The van der Waals surface area contributed by atoms with Crippen LogP contribution in [0.25, 0.3) is 11.3 Å². The molecule has 1 aliphatic heterocycles. The van der Waals surface area contributed by atoms with Crippen LogP contribution in [-0.4, -0.2) is 57.8 Å². The molecule has 33 heavy (non-hydrogen) atoms. The summed E-state index contributed by atoms with van der Waals surface area (Å²) in [4.78, 5) is 32.5. The number of nitrogens with two attached hydrogens (primary N) is 1. The number of nitrogens with zero attached hydrogens (tertiary/aromatic N) is 4. The first-order chi connectivity index (χ1) is 15.4. The van der Waals surface area contributed by atoms with E-state index < -0.39 is 6.03 Å². The summed E-state index contributed by atoms with van der Waals surface area (Å²) in [6.45, 7) is 1.67. The highest BCUT2D eigenvalue weighted by atomic mass is 35.5. The van der Waals surface area contributed by atoms with E-state index in [9.17, 15) is 14.7 Å². The number of nitrogens with one attached hydrogen (secondary N) is 1. The number of phenols is 1. The molecule has 0 unspecified atom stereocenters. The van der Waals surface area contributed by atoms with Crippen LogP contribution in [0.15, 0.2) is 61.1 Å². The van der Waals surface area contributed by atoms with Crippen molar-refractivity contribution in [2.45, 2.75) is 18.9 Å². The first kappa shape index (κ1) is 23.9. The Balaban J connectivity index is 0.00000306. The van der Waals surface area contributed by atoms with E-state index in [1.54, 1.807) is 41.4 Å². The van der Waals surface area contributed by atoms with Crippen molar-refractivity contribution in [1.29, 1.82) is 0 Å². The number of urea groups is 1. The Labute approximate surface area is 198 Å². The van der Waals surface area contributed by atoms with E-state index in [-0.39, 0.29) is 30.2 Å². The quantitative estimate of drug-likeness (QED) is 0.537. The molecule has 0 radical (unpaired) electrons. The highest BCUT2D eigenvalue weighted by Crippen LogP contribution is 2.25. The molecule has 0 saturated carbocycles. The minimum atomic E-state index is -0.638. The van der Waals surface area contributed by atoms with Crippen LogP contribution in [0, 0.1) is 0 Å². The van der Waals surface area contributed by atoms with Gasteiger partial charge in [0.1, 0.15) is 12.1 Å². The fourth-order valence-electron chi connectivity index (χ4n) is 3.99. The third-order valence-corrected chi connectivity index (χ3v) is 5.76. The van der Waals surface area contributed by atoms with Gasteiger partial charge in [-0.3, -0.25) is 4.57 Å². The maximum Gasteiger partial charge on any atom is 0.329 e. The van der Waals surface area contributed by atoms with Gasteiger partial charge >= 0.3 is 12.1 Å². The Morgan fingerprint density at radius 3 is 2.52 bits per heavy atom. The van der Waals surface area contributed by atoms with Crippen LogP contribution in [0.3, 0.4) is 0 Å². The molecule has 1 saturated heterocycles. The van der Waals surface area contributed by atoms with Gasteiger partial charge in [0.05, 0.1) is 5.69 Å². The number of phenolic OH excluding ortho intramolecular Hbond substituents is 1. The highest BCUT2D eigenvalue weighted by molar-refractivity contribution is 5.88. The lowest BCUT2D eigenvalue weighted by molar-refractivity contribution is 0.181. The second kappa shape index (κ2) is 10.3.